The van der Waals surface area contributed by atoms with Crippen molar-refractivity contribution in [1.82, 2.24) is 15.3 Å². The Morgan fingerprint density at radius 2 is 2.30 bits per heavy atom. The molecule has 1 unspecified atom stereocenters. The lowest BCUT2D eigenvalue weighted by Gasteiger charge is -2.18. The number of hydrogen-bond acceptors (Lipinski definition) is 3. The van der Waals surface area contributed by atoms with Crippen LogP contribution in [0.25, 0.3) is 11.0 Å². The van der Waals surface area contributed by atoms with Crippen molar-refractivity contribution in [1.29, 1.82) is 0 Å². The van der Waals surface area contributed by atoms with Gasteiger partial charge in [0.05, 0.1) is 19.1 Å². The lowest BCUT2D eigenvalue weighted by Crippen LogP contribution is -2.39. The van der Waals surface area contributed by atoms with E-state index in [9.17, 15) is 9.90 Å². The van der Waals surface area contributed by atoms with Gasteiger partial charge in [0.1, 0.15) is 5.65 Å². The summed E-state index contributed by atoms with van der Waals surface area (Å²) in [4.78, 5) is 19.3. The molecule has 2 aromatic rings. The number of aliphatic hydroxyl groups excluding tert-OH is 1. The van der Waals surface area contributed by atoms with E-state index < -0.39 is 0 Å². The van der Waals surface area contributed by atoms with Gasteiger partial charge in [0.2, 0.25) is 5.91 Å². The fraction of sp³-hybridized carbons (Fsp3) is 0.467. The molecule has 1 atom stereocenters. The predicted molar refractivity (Wildman–Crippen MR) is 78.3 cm³/mol. The van der Waals surface area contributed by atoms with E-state index in [1.807, 2.05) is 18.3 Å². The van der Waals surface area contributed by atoms with Crippen LogP contribution in [0.5, 0.6) is 0 Å². The van der Waals surface area contributed by atoms with Crippen molar-refractivity contribution >= 4 is 16.9 Å². The number of nitrogens with one attached hydrogen (secondary N) is 2. The Morgan fingerprint density at radius 1 is 1.50 bits per heavy atom. The third-order valence-electron chi connectivity index (χ3n) is 3.23. The molecule has 0 aliphatic carbocycles. The van der Waals surface area contributed by atoms with Crippen LogP contribution in [-0.4, -0.2) is 33.6 Å². The van der Waals surface area contributed by atoms with Crippen LogP contribution >= 0.6 is 0 Å². The fourth-order valence-electron chi connectivity index (χ4n) is 2.36. The first-order valence-electron chi connectivity index (χ1n) is 6.91. The summed E-state index contributed by atoms with van der Waals surface area (Å²) in [6, 6.07) is 3.62. The second-order valence-corrected chi connectivity index (χ2v) is 5.47. The number of hydrogen-bond donors (Lipinski definition) is 3. The third-order valence-corrected chi connectivity index (χ3v) is 3.23. The largest absolute Gasteiger partial charge is 0.394 e. The zero-order valence-electron chi connectivity index (χ0n) is 11.9. The molecule has 20 heavy (non-hydrogen) atoms. The van der Waals surface area contributed by atoms with Gasteiger partial charge in [-0.2, -0.15) is 0 Å². The average Bonchev–Trinajstić information content (AvgIpc) is 2.81. The van der Waals surface area contributed by atoms with Crippen molar-refractivity contribution in [2.45, 2.75) is 32.7 Å². The predicted octanol–water partition coefficient (Wildman–Crippen LogP) is 1.63. The Kier molecular flexibility index (Phi) is 4.74. The standard InChI is InChI=1S/C15H21N3O2/c1-10(2)6-12(9-19)18-14(20)7-11-8-17-15-13(11)4-3-5-16-15/h3-5,8,10,12,19H,6-7,9H2,1-2H3,(H,16,17)(H,18,20). The summed E-state index contributed by atoms with van der Waals surface area (Å²) in [5, 5.41) is 13.1. The number of amides is 1. The first-order valence-corrected chi connectivity index (χ1v) is 6.91. The van der Waals surface area contributed by atoms with Gasteiger partial charge in [0.15, 0.2) is 0 Å². The van der Waals surface area contributed by atoms with Gasteiger partial charge in [0, 0.05) is 17.8 Å². The molecular formula is C15H21N3O2. The highest BCUT2D eigenvalue weighted by Crippen LogP contribution is 2.16. The summed E-state index contributed by atoms with van der Waals surface area (Å²) in [7, 11) is 0. The number of rotatable bonds is 6. The molecule has 5 nitrogen and oxygen atoms in total. The minimum Gasteiger partial charge on any atom is -0.394 e. The topological polar surface area (TPSA) is 78.0 Å². The Morgan fingerprint density at radius 3 is 3.00 bits per heavy atom. The molecule has 108 valence electrons. The molecule has 0 aliphatic heterocycles. The van der Waals surface area contributed by atoms with E-state index >= 15 is 0 Å². The van der Waals surface area contributed by atoms with Gasteiger partial charge in [0.25, 0.3) is 0 Å². The smallest absolute Gasteiger partial charge is 0.224 e. The van der Waals surface area contributed by atoms with Crippen LogP contribution in [0.2, 0.25) is 0 Å². The second kappa shape index (κ2) is 6.52. The van der Waals surface area contributed by atoms with Gasteiger partial charge in [-0.05, 0) is 30.0 Å². The normalized spacial score (nSPS) is 12.8. The van der Waals surface area contributed by atoms with Crippen molar-refractivity contribution < 1.29 is 9.90 Å². The molecule has 0 fully saturated rings. The summed E-state index contributed by atoms with van der Waals surface area (Å²) in [6.07, 6.45) is 4.60. The van der Waals surface area contributed by atoms with Gasteiger partial charge < -0.3 is 15.4 Å². The minimum absolute atomic E-state index is 0.0284. The van der Waals surface area contributed by atoms with E-state index in [4.69, 9.17) is 0 Å². The number of aliphatic hydroxyl groups is 1. The summed E-state index contributed by atoms with van der Waals surface area (Å²) in [6.45, 7) is 4.11. The average molecular weight is 275 g/mol. The minimum atomic E-state index is -0.175. The van der Waals surface area contributed by atoms with Crippen molar-refractivity contribution in [2.75, 3.05) is 6.61 Å². The van der Waals surface area contributed by atoms with Gasteiger partial charge in [-0.15, -0.1) is 0 Å². The van der Waals surface area contributed by atoms with Crippen molar-refractivity contribution in [2.24, 2.45) is 5.92 Å². The number of nitrogens with zero attached hydrogens (tertiary/aromatic N) is 1. The summed E-state index contributed by atoms with van der Waals surface area (Å²) in [5.41, 5.74) is 1.71. The molecule has 1 amide bonds. The monoisotopic (exact) mass is 275 g/mol. The molecule has 0 saturated heterocycles. The highest BCUT2D eigenvalue weighted by molar-refractivity contribution is 5.87. The summed E-state index contributed by atoms with van der Waals surface area (Å²) in [5.74, 6) is 0.360. The van der Waals surface area contributed by atoms with Crippen LogP contribution in [0.3, 0.4) is 0 Å². The molecule has 0 bridgehead atoms. The van der Waals surface area contributed by atoms with E-state index in [1.54, 1.807) is 6.20 Å². The third kappa shape index (κ3) is 3.57. The van der Waals surface area contributed by atoms with Gasteiger partial charge in [-0.25, -0.2) is 4.98 Å². The number of fused-ring (bicyclic) bond motifs is 1. The maximum atomic E-state index is 12.0. The Bertz CT molecular complexity index is 577. The number of carbonyl (C=O) groups excluding carboxylic acids is 1. The first kappa shape index (κ1) is 14.5. The Labute approximate surface area is 118 Å². The van der Waals surface area contributed by atoms with Crippen LogP contribution in [-0.2, 0) is 11.2 Å². The number of carbonyl (C=O) groups is 1. The van der Waals surface area contributed by atoms with Crippen LogP contribution in [0, 0.1) is 5.92 Å². The first-order chi connectivity index (χ1) is 9.60. The zero-order valence-corrected chi connectivity index (χ0v) is 11.9. The molecule has 0 spiro atoms. The number of aromatic amines is 1. The lowest BCUT2D eigenvalue weighted by molar-refractivity contribution is -0.121. The zero-order chi connectivity index (χ0) is 14.5. The van der Waals surface area contributed by atoms with Crippen LogP contribution in [0.4, 0.5) is 0 Å². The van der Waals surface area contributed by atoms with Crippen LogP contribution in [0.15, 0.2) is 24.5 Å². The molecule has 2 heterocycles. The summed E-state index contributed by atoms with van der Waals surface area (Å²) >= 11 is 0. The molecule has 2 aromatic heterocycles. The molecule has 2 rings (SSSR count). The van der Waals surface area contributed by atoms with Crippen molar-refractivity contribution in [3.8, 4) is 0 Å². The van der Waals surface area contributed by atoms with E-state index in [1.165, 1.54) is 0 Å². The van der Waals surface area contributed by atoms with Gasteiger partial charge in [-0.1, -0.05) is 13.8 Å². The molecule has 0 aliphatic rings. The quantitative estimate of drug-likeness (QED) is 0.749. The van der Waals surface area contributed by atoms with E-state index in [-0.39, 0.29) is 18.6 Å². The Balaban J connectivity index is 2.00. The van der Waals surface area contributed by atoms with E-state index in [2.05, 4.69) is 29.1 Å². The molecule has 0 aromatic carbocycles. The van der Waals surface area contributed by atoms with Crippen molar-refractivity contribution in [3.63, 3.8) is 0 Å². The molecule has 3 N–H and O–H groups in total. The Hall–Kier alpha value is -1.88. The van der Waals surface area contributed by atoms with E-state index in [0.717, 1.165) is 23.0 Å². The summed E-state index contributed by atoms with van der Waals surface area (Å²) < 4.78 is 0. The van der Waals surface area contributed by atoms with Crippen LogP contribution in [0.1, 0.15) is 25.8 Å². The fourth-order valence-corrected chi connectivity index (χ4v) is 2.36. The van der Waals surface area contributed by atoms with Gasteiger partial charge in [-0.3, -0.25) is 4.79 Å². The molecule has 0 radical (unpaired) electrons. The van der Waals surface area contributed by atoms with E-state index in [0.29, 0.717) is 12.3 Å². The number of pyridine rings is 1. The highest BCUT2D eigenvalue weighted by Gasteiger charge is 2.15. The maximum Gasteiger partial charge on any atom is 0.224 e. The lowest BCUT2D eigenvalue weighted by atomic mass is 10.0. The van der Waals surface area contributed by atoms with Gasteiger partial charge >= 0.3 is 0 Å². The van der Waals surface area contributed by atoms with Crippen LogP contribution < -0.4 is 5.32 Å². The highest BCUT2D eigenvalue weighted by atomic mass is 16.3. The van der Waals surface area contributed by atoms with Crippen molar-refractivity contribution in [3.05, 3.63) is 30.1 Å². The molecule has 5 heteroatoms. The number of aromatic nitrogens is 2. The number of H-pyrrole nitrogens is 1. The maximum absolute atomic E-state index is 12.0. The second-order valence-electron chi connectivity index (χ2n) is 5.47. The molecule has 0 saturated carbocycles. The SMILES string of the molecule is CC(C)CC(CO)NC(=O)Cc1c[nH]c2ncccc12. The molecular weight excluding hydrogens is 254 g/mol.